The predicted molar refractivity (Wildman–Crippen MR) is 111 cm³/mol. The minimum absolute atomic E-state index is 0.177. The minimum Gasteiger partial charge on any atom is -0.331 e. The standard InChI is InChI=1S/C19H18ClN5O2S/c1-10(28-18-23-13-8-11(20)9-21-15(13)24-18)16(26)25-14-7-5-4-6-12(14)22-17(27)19(25,2)3/h4-10H,1-3H3,(H,22,27)(H,21,23,24)/t10-/m1/s1. The molecular weight excluding hydrogens is 398 g/mol. The lowest BCUT2D eigenvalue weighted by molar-refractivity contribution is -0.126. The molecule has 1 aromatic carbocycles. The molecule has 2 N–H and O–H groups in total. The van der Waals surface area contributed by atoms with Crippen molar-refractivity contribution < 1.29 is 9.59 Å². The zero-order valence-corrected chi connectivity index (χ0v) is 17.1. The lowest BCUT2D eigenvalue weighted by Crippen LogP contribution is -2.60. The highest BCUT2D eigenvalue weighted by Crippen LogP contribution is 2.38. The first-order valence-electron chi connectivity index (χ1n) is 8.70. The van der Waals surface area contributed by atoms with Crippen molar-refractivity contribution in [2.45, 2.75) is 36.7 Å². The molecule has 0 saturated heterocycles. The number of rotatable bonds is 3. The highest BCUT2D eigenvalue weighted by atomic mass is 35.5. The molecule has 0 aliphatic carbocycles. The molecule has 4 rings (SSSR count). The SMILES string of the molecule is C[C@@H](Sc1nc2ncc(Cl)cc2[nH]1)C(=O)N1c2ccccc2NC(=O)C1(C)C. The number of imidazole rings is 1. The molecule has 9 heteroatoms. The second-order valence-electron chi connectivity index (χ2n) is 7.03. The van der Waals surface area contributed by atoms with Crippen molar-refractivity contribution in [2.75, 3.05) is 10.2 Å². The number of thioether (sulfide) groups is 1. The zero-order chi connectivity index (χ0) is 20.1. The molecule has 0 spiro atoms. The zero-order valence-electron chi connectivity index (χ0n) is 15.5. The van der Waals surface area contributed by atoms with E-state index >= 15 is 0 Å². The predicted octanol–water partition coefficient (Wildman–Crippen LogP) is 3.86. The third kappa shape index (κ3) is 3.12. The lowest BCUT2D eigenvalue weighted by atomic mass is 9.96. The Labute approximate surface area is 170 Å². The molecule has 0 unspecified atom stereocenters. The number of hydrogen-bond donors (Lipinski definition) is 2. The number of anilines is 2. The van der Waals surface area contributed by atoms with E-state index in [1.807, 2.05) is 18.2 Å². The molecule has 1 aliphatic rings. The van der Waals surface area contributed by atoms with E-state index < -0.39 is 10.8 Å². The highest BCUT2D eigenvalue weighted by Gasteiger charge is 2.44. The fourth-order valence-electron chi connectivity index (χ4n) is 3.15. The number of carbonyl (C=O) groups excluding carboxylic acids is 2. The smallest absolute Gasteiger partial charge is 0.250 e. The van der Waals surface area contributed by atoms with Gasteiger partial charge < -0.3 is 10.3 Å². The van der Waals surface area contributed by atoms with Gasteiger partial charge in [-0.05, 0) is 39.0 Å². The Morgan fingerprint density at radius 2 is 2.07 bits per heavy atom. The molecule has 7 nitrogen and oxygen atoms in total. The van der Waals surface area contributed by atoms with E-state index in [9.17, 15) is 9.59 Å². The summed E-state index contributed by atoms with van der Waals surface area (Å²) in [5.74, 6) is -0.400. The van der Waals surface area contributed by atoms with Gasteiger partial charge in [0, 0.05) is 6.20 Å². The van der Waals surface area contributed by atoms with Crippen molar-refractivity contribution >= 4 is 57.7 Å². The van der Waals surface area contributed by atoms with Crippen LogP contribution in [0.25, 0.3) is 11.2 Å². The Bertz CT molecular complexity index is 1100. The van der Waals surface area contributed by atoms with E-state index in [0.717, 1.165) is 0 Å². The van der Waals surface area contributed by atoms with Gasteiger partial charge in [-0.3, -0.25) is 14.5 Å². The van der Waals surface area contributed by atoms with Crippen LogP contribution in [-0.4, -0.2) is 37.6 Å². The monoisotopic (exact) mass is 415 g/mol. The van der Waals surface area contributed by atoms with Crippen molar-refractivity contribution in [1.82, 2.24) is 15.0 Å². The van der Waals surface area contributed by atoms with Gasteiger partial charge in [-0.1, -0.05) is 35.5 Å². The van der Waals surface area contributed by atoms with Crippen LogP contribution >= 0.6 is 23.4 Å². The first-order chi connectivity index (χ1) is 13.3. The number of pyridine rings is 1. The molecule has 1 atom stereocenters. The summed E-state index contributed by atoms with van der Waals surface area (Å²) >= 11 is 7.24. The Balaban J connectivity index is 1.64. The summed E-state index contributed by atoms with van der Waals surface area (Å²) in [5.41, 5.74) is 1.54. The summed E-state index contributed by atoms with van der Waals surface area (Å²) in [5, 5.41) is 3.47. The molecular formula is C19H18ClN5O2S. The van der Waals surface area contributed by atoms with Crippen LogP contribution in [0.2, 0.25) is 5.02 Å². The summed E-state index contributed by atoms with van der Waals surface area (Å²) in [7, 11) is 0. The van der Waals surface area contributed by atoms with E-state index in [-0.39, 0.29) is 11.8 Å². The number of para-hydroxylation sites is 2. The van der Waals surface area contributed by atoms with Crippen molar-refractivity contribution in [3.05, 3.63) is 41.6 Å². The number of aromatic nitrogens is 3. The van der Waals surface area contributed by atoms with E-state index in [0.29, 0.717) is 32.7 Å². The summed E-state index contributed by atoms with van der Waals surface area (Å²) in [4.78, 5) is 39.2. The van der Waals surface area contributed by atoms with Crippen LogP contribution in [0.4, 0.5) is 11.4 Å². The number of benzene rings is 1. The van der Waals surface area contributed by atoms with Gasteiger partial charge in [-0.15, -0.1) is 0 Å². The summed E-state index contributed by atoms with van der Waals surface area (Å²) < 4.78 is 0. The van der Waals surface area contributed by atoms with Gasteiger partial charge >= 0.3 is 0 Å². The Morgan fingerprint density at radius 1 is 1.32 bits per heavy atom. The molecule has 0 fully saturated rings. The molecule has 144 valence electrons. The molecule has 2 aromatic heterocycles. The maximum absolute atomic E-state index is 13.3. The number of hydrogen-bond acceptors (Lipinski definition) is 5. The van der Waals surface area contributed by atoms with Crippen LogP contribution in [0.3, 0.4) is 0 Å². The van der Waals surface area contributed by atoms with Crippen molar-refractivity contribution in [2.24, 2.45) is 0 Å². The van der Waals surface area contributed by atoms with Crippen molar-refractivity contribution in [3.8, 4) is 0 Å². The molecule has 1 aliphatic heterocycles. The van der Waals surface area contributed by atoms with Gasteiger partial charge in [-0.2, -0.15) is 0 Å². The van der Waals surface area contributed by atoms with Crippen LogP contribution in [0.5, 0.6) is 0 Å². The Morgan fingerprint density at radius 3 is 2.86 bits per heavy atom. The van der Waals surface area contributed by atoms with Gasteiger partial charge in [0.2, 0.25) is 11.8 Å². The number of carbonyl (C=O) groups is 2. The number of amides is 2. The molecule has 0 radical (unpaired) electrons. The first kappa shape index (κ1) is 18.8. The number of nitrogens with zero attached hydrogens (tertiary/aromatic N) is 3. The molecule has 28 heavy (non-hydrogen) atoms. The van der Waals surface area contributed by atoms with Gasteiger partial charge in [0.05, 0.1) is 27.2 Å². The largest absolute Gasteiger partial charge is 0.331 e. The van der Waals surface area contributed by atoms with Gasteiger partial charge in [0.1, 0.15) is 5.54 Å². The second kappa shape index (κ2) is 6.79. The maximum atomic E-state index is 13.3. The normalized spacial score (nSPS) is 16.6. The van der Waals surface area contributed by atoms with Crippen LogP contribution in [0.1, 0.15) is 20.8 Å². The van der Waals surface area contributed by atoms with E-state index in [1.165, 1.54) is 18.0 Å². The minimum atomic E-state index is -1.01. The van der Waals surface area contributed by atoms with Crippen molar-refractivity contribution in [3.63, 3.8) is 0 Å². The fourth-order valence-corrected chi connectivity index (χ4v) is 4.16. The number of nitrogens with one attached hydrogen (secondary N) is 2. The molecule has 2 amide bonds. The van der Waals surface area contributed by atoms with Crippen LogP contribution in [-0.2, 0) is 9.59 Å². The third-order valence-corrected chi connectivity index (χ3v) is 5.83. The molecule has 3 heterocycles. The highest BCUT2D eigenvalue weighted by molar-refractivity contribution is 8.00. The summed E-state index contributed by atoms with van der Waals surface area (Å²) in [6.07, 6.45) is 1.53. The summed E-state index contributed by atoms with van der Waals surface area (Å²) in [6, 6.07) is 9.03. The molecule has 0 bridgehead atoms. The van der Waals surface area contributed by atoms with Gasteiger partial charge in [0.25, 0.3) is 0 Å². The third-order valence-electron chi connectivity index (χ3n) is 4.65. The molecule has 3 aromatic rings. The van der Waals surface area contributed by atoms with E-state index in [1.54, 1.807) is 37.8 Å². The number of aromatic amines is 1. The van der Waals surface area contributed by atoms with E-state index in [2.05, 4.69) is 20.3 Å². The summed E-state index contributed by atoms with van der Waals surface area (Å²) in [6.45, 7) is 5.27. The Kier molecular flexibility index (Phi) is 4.55. The quantitative estimate of drug-likeness (QED) is 0.634. The number of H-pyrrole nitrogens is 1. The number of fused-ring (bicyclic) bond motifs is 2. The lowest BCUT2D eigenvalue weighted by Gasteiger charge is -2.42. The maximum Gasteiger partial charge on any atom is 0.250 e. The average molecular weight is 416 g/mol. The fraction of sp³-hybridized carbons (Fsp3) is 0.263. The van der Waals surface area contributed by atoms with Crippen molar-refractivity contribution in [1.29, 1.82) is 0 Å². The van der Waals surface area contributed by atoms with Gasteiger partial charge in [0.15, 0.2) is 10.8 Å². The first-order valence-corrected chi connectivity index (χ1v) is 9.95. The van der Waals surface area contributed by atoms with Crippen LogP contribution < -0.4 is 10.2 Å². The average Bonchev–Trinajstić information content (AvgIpc) is 3.03. The molecule has 0 saturated carbocycles. The van der Waals surface area contributed by atoms with Gasteiger partial charge in [-0.25, -0.2) is 9.97 Å². The van der Waals surface area contributed by atoms with E-state index in [4.69, 9.17) is 11.6 Å². The Hall–Kier alpha value is -2.58. The van der Waals surface area contributed by atoms with Crippen LogP contribution in [0, 0.1) is 0 Å². The second-order valence-corrected chi connectivity index (χ2v) is 8.80. The topological polar surface area (TPSA) is 91.0 Å². The van der Waals surface area contributed by atoms with Crippen LogP contribution in [0.15, 0.2) is 41.7 Å². The number of halogens is 1.